The van der Waals surface area contributed by atoms with Crippen LogP contribution >= 0.6 is 0 Å². The Bertz CT molecular complexity index is 546. The minimum absolute atomic E-state index is 0.184. The van der Waals surface area contributed by atoms with E-state index in [9.17, 15) is 14.7 Å². The molecule has 6 nitrogen and oxygen atoms in total. The van der Waals surface area contributed by atoms with E-state index in [0.29, 0.717) is 12.1 Å². The van der Waals surface area contributed by atoms with Crippen LogP contribution in [0.5, 0.6) is 0 Å². The fourth-order valence-electron chi connectivity index (χ4n) is 3.74. The van der Waals surface area contributed by atoms with Crippen molar-refractivity contribution >= 4 is 11.9 Å². The molecule has 0 fully saturated rings. The van der Waals surface area contributed by atoms with Crippen LogP contribution in [0.15, 0.2) is 12.5 Å². The van der Waals surface area contributed by atoms with Crippen molar-refractivity contribution in [3.05, 3.63) is 18.2 Å². The van der Waals surface area contributed by atoms with Crippen LogP contribution in [-0.2, 0) is 16.0 Å². The maximum absolute atomic E-state index is 12.0. The number of aromatic nitrogens is 2. The molecule has 0 saturated heterocycles. The summed E-state index contributed by atoms with van der Waals surface area (Å²) in [5.41, 5.74) is 0.703. The number of unbranched alkanes of at least 4 members (excludes halogenated alkanes) is 14. The number of carboxylic acid groups (broad SMARTS) is 1. The zero-order chi connectivity index (χ0) is 21.9. The van der Waals surface area contributed by atoms with Gasteiger partial charge in [0.05, 0.1) is 6.33 Å². The van der Waals surface area contributed by atoms with Crippen molar-refractivity contribution < 1.29 is 14.7 Å². The highest BCUT2D eigenvalue weighted by atomic mass is 16.4. The van der Waals surface area contributed by atoms with E-state index in [1.54, 1.807) is 6.20 Å². The number of aliphatic carboxylic acids is 1. The molecule has 1 rings (SSSR count). The molecule has 0 aliphatic heterocycles. The smallest absolute Gasteiger partial charge is 0.326 e. The van der Waals surface area contributed by atoms with Crippen LogP contribution in [0.25, 0.3) is 0 Å². The first-order chi connectivity index (χ1) is 14.6. The summed E-state index contributed by atoms with van der Waals surface area (Å²) < 4.78 is 0. The summed E-state index contributed by atoms with van der Waals surface area (Å²) in [4.78, 5) is 30.1. The quantitative estimate of drug-likeness (QED) is 0.232. The third-order valence-electron chi connectivity index (χ3n) is 5.62. The van der Waals surface area contributed by atoms with Gasteiger partial charge in [-0.25, -0.2) is 9.78 Å². The molecule has 1 atom stereocenters. The second kappa shape index (κ2) is 18.0. The highest BCUT2D eigenvalue weighted by Gasteiger charge is 2.20. The lowest BCUT2D eigenvalue weighted by atomic mass is 10.0. The van der Waals surface area contributed by atoms with Crippen LogP contribution in [0, 0.1) is 0 Å². The monoisotopic (exact) mass is 421 g/mol. The lowest BCUT2D eigenvalue weighted by molar-refractivity contribution is -0.141. The average molecular weight is 422 g/mol. The average Bonchev–Trinajstić information content (AvgIpc) is 3.23. The second-order valence-corrected chi connectivity index (χ2v) is 8.44. The Morgan fingerprint density at radius 1 is 0.900 bits per heavy atom. The van der Waals surface area contributed by atoms with Gasteiger partial charge < -0.3 is 15.4 Å². The summed E-state index contributed by atoms with van der Waals surface area (Å²) >= 11 is 0. The lowest BCUT2D eigenvalue weighted by Crippen LogP contribution is -2.42. The standard InChI is InChI=1S/C24H43N3O3/c1-2-3-4-5-6-7-8-9-10-11-12-13-14-15-16-17-23(28)27-22(24(29)30)18-21-19-25-20-26-21/h19-20,22H,2-18H2,1H3,(H,25,26)(H,27,28)(H,29,30)/t22-/m1/s1. The molecule has 1 heterocycles. The van der Waals surface area contributed by atoms with Crippen molar-refractivity contribution in [3.63, 3.8) is 0 Å². The number of nitrogens with one attached hydrogen (secondary N) is 2. The van der Waals surface area contributed by atoms with E-state index in [0.717, 1.165) is 19.3 Å². The number of carbonyl (C=O) groups is 2. The number of amides is 1. The SMILES string of the molecule is CCCCCCCCCCCCCCCCCC(=O)N[C@H](Cc1cnc[nH]1)C(=O)O. The van der Waals surface area contributed by atoms with Gasteiger partial charge in [-0.15, -0.1) is 0 Å². The fourth-order valence-corrected chi connectivity index (χ4v) is 3.74. The second-order valence-electron chi connectivity index (χ2n) is 8.44. The van der Waals surface area contributed by atoms with E-state index in [1.807, 2.05) is 0 Å². The van der Waals surface area contributed by atoms with Gasteiger partial charge in [0.15, 0.2) is 0 Å². The van der Waals surface area contributed by atoms with Gasteiger partial charge in [-0.1, -0.05) is 96.8 Å². The molecule has 0 aliphatic carbocycles. The Morgan fingerprint density at radius 2 is 1.40 bits per heavy atom. The number of carbonyl (C=O) groups excluding carboxylic acids is 1. The number of hydrogen-bond donors (Lipinski definition) is 3. The van der Waals surface area contributed by atoms with E-state index in [2.05, 4.69) is 22.2 Å². The van der Waals surface area contributed by atoms with E-state index in [-0.39, 0.29) is 12.3 Å². The highest BCUT2D eigenvalue weighted by Crippen LogP contribution is 2.13. The molecule has 0 radical (unpaired) electrons. The van der Waals surface area contributed by atoms with E-state index in [4.69, 9.17) is 0 Å². The van der Waals surface area contributed by atoms with Gasteiger partial charge in [-0.3, -0.25) is 4.79 Å². The largest absolute Gasteiger partial charge is 0.480 e. The van der Waals surface area contributed by atoms with Crippen LogP contribution in [0.1, 0.15) is 115 Å². The summed E-state index contributed by atoms with van der Waals surface area (Å²) in [5, 5.41) is 11.9. The zero-order valence-corrected chi connectivity index (χ0v) is 19.0. The van der Waals surface area contributed by atoms with E-state index >= 15 is 0 Å². The van der Waals surface area contributed by atoms with Gasteiger partial charge in [0.25, 0.3) is 0 Å². The molecular formula is C24H43N3O3. The summed E-state index contributed by atoms with van der Waals surface area (Å²) in [7, 11) is 0. The van der Waals surface area contributed by atoms with Crippen LogP contribution in [0.2, 0.25) is 0 Å². The maximum Gasteiger partial charge on any atom is 0.326 e. The van der Waals surface area contributed by atoms with Crippen molar-refractivity contribution in [2.24, 2.45) is 0 Å². The zero-order valence-electron chi connectivity index (χ0n) is 19.0. The molecule has 0 unspecified atom stereocenters. The first-order valence-electron chi connectivity index (χ1n) is 12.1. The Morgan fingerprint density at radius 3 is 1.83 bits per heavy atom. The highest BCUT2D eigenvalue weighted by molar-refractivity contribution is 5.83. The van der Waals surface area contributed by atoms with Crippen molar-refractivity contribution in [1.82, 2.24) is 15.3 Å². The number of imidazole rings is 1. The number of hydrogen-bond acceptors (Lipinski definition) is 3. The molecule has 0 aliphatic rings. The molecule has 6 heteroatoms. The molecule has 0 spiro atoms. The van der Waals surface area contributed by atoms with Crippen LogP contribution in [0.3, 0.4) is 0 Å². The van der Waals surface area contributed by atoms with Crippen LogP contribution in [-0.4, -0.2) is 33.0 Å². The normalized spacial score (nSPS) is 12.0. The van der Waals surface area contributed by atoms with Gasteiger partial charge in [0.1, 0.15) is 6.04 Å². The lowest BCUT2D eigenvalue weighted by Gasteiger charge is -2.13. The van der Waals surface area contributed by atoms with Crippen molar-refractivity contribution in [2.75, 3.05) is 0 Å². The first kappa shape index (κ1) is 26.2. The molecule has 30 heavy (non-hydrogen) atoms. The third-order valence-corrected chi connectivity index (χ3v) is 5.62. The van der Waals surface area contributed by atoms with E-state index in [1.165, 1.54) is 83.4 Å². The Labute approximate surface area is 182 Å². The predicted octanol–water partition coefficient (Wildman–Crippen LogP) is 5.78. The Hall–Kier alpha value is -1.85. The van der Waals surface area contributed by atoms with Crippen molar-refractivity contribution in [2.45, 2.75) is 122 Å². The third kappa shape index (κ3) is 14.2. The molecule has 1 aromatic heterocycles. The molecule has 1 amide bonds. The maximum atomic E-state index is 12.0. The molecular weight excluding hydrogens is 378 g/mol. The summed E-state index contributed by atoms with van der Waals surface area (Å²) in [6.07, 6.45) is 23.0. The van der Waals surface area contributed by atoms with Crippen LogP contribution in [0.4, 0.5) is 0 Å². The fraction of sp³-hybridized carbons (Fsp3) is 0.792. The van der Waals surface area contributed by atoms with Gasteiger partial charge in [0, 0.05) is 24.7 Å². The molecule has 0 aromatic carbocycles. The molecule has 1 aromatic rings. The number of H-pyrrole nitrogens is 1. The van der Waals surface area contributed by atoms with Gasteiger partial charge in [-0.05, 0) is 6.42 Å². The molecule has 172 valence electrons. The minimum Gasteiger partial charge on any atom is -0.480 e. The number of rotatable bonds is 20. The van der Waals surface area contributed by atoms with E-state index < -0.39 is 12.0 Å². The summed E-state index contributed by atoms with van der Waals surface area (Å²) in [6, 6.07) is -0.908. The molecule has 0 bridgehead atoms. The van der Waals surface area contributed by atoms with Crippen LogP contribution < -0.4 is 5.32 Å². The summed E-state index contributed by atoms with van der Waals surface area (Å²) in [5.74, 6) is -1.20. The first-order valence-corrected chi connectivity index (χ1v) is 12.1. The predicted molar refractivity (Wildman–Crippen MR) is 121 cm³/mol. The van der Waals surface area contributed by atoms with Crippen molar-refractivity contribution in [1.29, 1.82) is 0 Å². The van der Waals surface area contributed by atoms with Gasteiger partial charge >= 0.3 is 5.97 Å². The van der Waals surface area contributed by atoms with Crippen molar-refractivity contribution in [3.8, 4) is 0 Å². The number of aromatic amines is 1. The minimum atomic E-state index is -1.02. The van der Waals surface area contributed by atoms with Gasteiger partial charge in [-0.2, -0.15) is 0 Å². The Balaban J connectivity index is 1.91. The topological polar surface area (TPSA) is 95.1 Å². The Kier molecular flexibility index (Phi) is 15.7. The molecule has 3 N–H and O–H groups in total. The summed E-state index contributed by atoms with van der Waals surface area (Å²) in [6.45, 7) is 2.26. The number of carboxylic acids is 1. The number of nitrogens with zero attached hydrogens (tertiary/aromatic N) is 1. The molecule has 0 saturated carbocycles. The van der Waals surface area contributed by atoms with Gasteiger partial charge in [0.2, 0.25) is 5.91 Å².